The number of aryl methyl sites for hydroxylation is 1. The van der Waals surface area contributed by atoms with Crippen LogP contribution in [0.1, 0.15) is 36.5 Å². The van der Waals surface area contributed by atoms with Gasteiger partial charge in [0.05, 0.1) is 11.4 Å². The van der Waals surface area contributed by atoms with Crippen LogP contribution in [0.5, 0.6) is 0 Å². The number of carbonyl (C=O) groups excluding carboxylic acids is 1. The number of hydrogen-bond donors (Lipinski definition) is 1. The first-order valence-electron chi connectivity index (χ1n) is 10.4. The highest BCUT2D eigenvalue weighted by Gasteiger charge is 2.27. The fourth-order valence-electron chi connectivity index (χ4n) is 3.27. The monoisotopic (exact) mass is 470 g/mol. The average Bonchev–Trinajstić information content (AvgIpc) is 2.75. The van der Waals surface area contributed by atoms with Crippen LogP contribution in [0.3, 0.4) is 0 Å². The number of anilines is 1. The van der Waals surface area contributed by atoms with E-state index in [1.54, 1.807) is 0 Å². The number of amides is 1. The molecule has 0 bridgehead atoms. The molecule has 168 valence electrons. The molecule has 1 amide bonds. The van der Waals surface area contributed by atoms with E-state index in [4.69, 9.17) is 11.6 Å². The molecule has 7 heteroatoms. The summed E-state index contributed by atoms with van der Waals surface area (Å²) in [6.07, 6.45) is 0. The lowest BCUT2D eigenvalue weighted by Gasteiger charge is -2.23. The van der Waals surface area contributed by atoms with Gasteiger partial charge >= 0.3 is 0 Å². The molecular formula is C25H27ClN2O3S. The highest BCUT2D eigenvalue weighted by molar-refractivity contribution is 7.89. The molecule has 0 heterocycles. The molecule has 0 aliphatic heterocycles. The summed E-state index contributed by atoms with van der Waals surface area (Å²) in [4.78, 5) is 12.9. The minimum Gasteiger partial charge on any atom is -0.325 e. The van der Waals surface area contributed by atoms with E-state index in [1.807, 2.05) is 55.5 Å². The fraction of sp³-hybridized carbons (Fsp3) is 0.240. The molecule has 0 radical (unpaired) electrons. The van der Waals surface area contributed by atoms with Crippen molar-refractivity contribution in [3.05, 3.63) is 94.5 Å². The molecule has 3 aromatic carbocycles. The Morgan fingerprint density at radius 2 is 1.59 bits per heavy atom. The van der Waals surface area contributed by atoms with Gasteiger partial charge in [-0.3, -0.25) is 4.79 Å². The Morgan fingerprint density at radius 3 is 2.19 bits per heavy atom. The van der Waals surface area contributed by atoms with Crippen LogP contribution in [0.4, 0.5) is 5.69 Å². The summed E-state index contributed by atoms with van der Waals surface area (Å²) in [5.41, 5.74) is 3.57. The summed E-state index contributed by atoms with van der Waals surface area (Å²) in [7, 11) is -3.92. The van der Waals surface area contributed by atoms with Crippen molar-refractivity contribution in [3.8, 4) is 0 Å². The van der Waals surface area contributed by atoms with Gasteiger partial charge in [-0.15, -0.1) is 0 Å². The Balaban J connectivity index is 1.85. The fourth-order valence-corrected chi connectivity index (χ4v) is 4.77. The third kappa shape index (κ3) is 5.97. The summed E-state index contributed by atoms with van der Waals surface area (Å²) in [6.45, 7) is 5.87. The van der Waals surface area contributed by atoms with Crippen LogP contribution in [0.2, 0.25) is 5.02 Å². The van der Waals surface area contributed by atoms with Crippen LogP contribution in [-0.4, -0.2) is 25.2 Å². The molecule has 3 rings (SSSR count). The van der Waals surface area contributed by atoms with Crippen LogP contribution < -0.4 is 5.32 Å². The first-order valence-corrected chi connectivity index (χ1v) is 12.2. The van der Waals surface area contributed by atoms with Crippen LogP contribution in [0, 0.1) is 6.92 Å². The van der Waals surface area contributed by atoms with E-state index in [1.165, 1.54) is 28.6 Å². The number of benzene rings is 3. The summed E-state index contributed by atoms with van der Waals surface area (Å²) in [5.74, 6) is -0.0257. The number of halogens is 1. The molecule has 0 aromatic heterocycles. The van der Waals surface area contributed by atoms with Crippen LogP contribution in [0.15, 0.2) is 77.7 Å². The van der Waals surface area contributed by atoms with E-state index < -0.39 is 15.9 Å². The van der Waals surface area contributed by atoms with Crippen molar-refractivity contribution >= 4 is 33.2 Å². The van der Waals surface area contributed by atoms with Crippen molar-refractivity contribution in [2.75, 3.05) is 11.9 Å². The van der Waals surface area contributed by atoms with Gasteiger partial charge in [-0.2, -0.15) is 4.31 Å². The molecule has 0 aliphatic rings. The largest absolute Gasteiger partial charge is 0.325 e. The molecule has 0 saturated heterocycles. The Bertz CT molecular complexity index is 1170. The van der Waals surface area contributed by atoms with Crippen LogP contribution in [-0.2, 0) is 21.4 Å². The predicted molar refractivity (Wildman–Crippen MR) is 129 cm³/mol. The topological polar surface area (TPSA) is 66.5 Å². The minimum absolute atomic E-state index is 0.0807. The first-order chi connectivity index (χ1) is 15.2. The maximum Gasteiger partial charge on any atom is 0.243 e. The second-order valence-corrected chi connectivity index (χ2v) is 10.4. The molecule has 0 aliphatic carbocycles. The van der Waals surface area contributed by atoms with Crippen molar-refractivity contribution < 1.29 is 13.2 Å². The molecule has 5 nitrogen and oxygen atoms in total. The van der Waals surface area contributed by atoms with Gasteiger partial charge in [0.2, 0.25) is 15.9 Å². The van der Waals surface area contributed by atoms with Gasteiger partial charge < -0.3 is 5.32 Å². The maximum atomic E-state index is 13.4. The molecule has 0 fully saturated rings. The lowest BCUT2D eigenvalue weighted by Crippen LogP contribution is -2.37. The Hall–Kier alpha value is -2.67. The average molecular weight is 471 g/mol. The zero-order chi connectivity index (χ0) is 23.3. The van der Waals surface area contributed by atoms with Gasteiger partial charge in [0.25, 0.3) is 0 Å². The number of nitrogens with one attached hydrogen (secondary N) is 1. The highest BCUT2D eigenvalue weighted by atomic mass is 35.5. The van der Waals surface area contributed by atoms with E-state index in [0.717, 1.165) is 16.7 Å². The van der Waals surface area contributed by atoms with Gasteiger partial charge in [0.1, 0.15) is 0 Å². The second kappa shape index (κ2) is 10.3. The number of nitrogens with zero attached hydrogens (tertiary/aromatic N) is 1. The third-order valence-electron chi connectivity index (χ3n) is 5.24. The Morgan fingerprint density at radius 1 is 0.969 bits per heavy atom. The van der Waals surface area contributed by atoms with Crippen molar-refractivity contribution in [3.63, 3.8) is 0 Å². The Kier molecular flexibility index (Phi) is 7.72. The predicted octanol–water partition coefficient (Wildman–Crippen LogP) is 5.60. The number of hydrogen-bond acceptors (Lipinski definition) is 3. The summed E-state index contributed by atoms with van der Waals surface area (Å²) >= 11 is 5.92. The van der Waals surface area contributed by atoms with E-state index >= 15 is 0 Å². The van der Waals surface area contributed by atoms with Crippen molar-refractivity contribution in [2.45, 2.75) is 38.1 Å². The third-order valence-corrected chi connectivity index (χ3v) is 7.30. The smallest absolute Gasteiger partial charge is 0.243 e. The molecule has 0 unspecified atom stereocenters. The van der Waals surface area contributed by atoms with E-state index in [0.29, 0.717) is 16.6 Å². The molecule has 32 heavy (non-hydrogen) atoms. The van der Waals surface area contributed by atoms with Gasteiger partial charge in [0.15, 0.2) is 0 Å². The normalized spacial score (nSPS) is 11.7. The van der Waals surface area contributed by atoms with Crippen molar-refractivity contribution in [1.82, 2.24) is 4.31 Å². The molecule has 0 spiro atoms. The SMILES string of the molecule is Cc1ccccc1CN(CC(=O)Nc1ccc(C(C)C)cc1)S(=O)(=O)c1ccc(Cl)cc1. The molecule has 1 N–H and O–H groups in total. The van der Waals surface area contributed by atoms with Gasteiger partial charge in [-0.1, -0.05) is 61.8 Å². The van der Waals surface area contributed by atoms with Gasteiger partial charge in [-0.25, -0.2) is 8.42 Å². The lowest BCUT2D eigenvalue weighted by atomic mass is 10.0. The number of carbonyl (C=O) groups is 1. The second-order valence-electron chi connectivity index (χ2n) is 7.98. The van der Waals surface area contributed by atoms with E-state index in [-0.39, 0.29) is 18.0 Å². The van der Waals surface area contributed by atoms with Crippen LogP contribution in [0.25, 0.3) is 0 Å². The first kappa shape index (κ1) is 24.0. The lowest BCUT2D eigenvalue weighted by molar-refractivity contribution is -0.116. The van der Waals surface area contributed by atoms with Crippen LogP contribution >= 0.6 is 11.6 Å². The van der Waals surface area contributed by atoms with Gasteiger partial charge in [-0.05, 0) is 65.9 Å². The standard InChI is InChI=1S/C25H27ClN2O3S/c1-18(2)20-8-12-23(13-9-20)27-25(29)17-28(16-21-7-5-4-6-19(21)3)32(30,31)24-14-10-22(26)11-15-24/h4-15,18H,16-17H2,1-3H3,(H,27,29). The zero-order valence-corrected chi connectivity index (χ0v) is 20.0. The van der Waals surface area contributed by atoms with E-state index in [9.17, 15) is 13.2 Å². The zero-order valence-electron chi connectivity index (χ0n) is 18.4. The maximum absolute atomic E-state index is 13.4. The molecule has 0 saturated carbocycles. The summed E-state index contributed by atoms with van der Waals surface area (Å²) in [6, 6.07) is 21.0. The van der Waals surface area contributed by atoms with E-state index in [2.05, 4.69) is 19.2 Å². The summed E-state index contributed by atoms with van der Waals surface area (Å²) < 4.78 is 27.9. The molecular weight excluding hydrogens is 444 g/mol. The van der Waals surface area contributed by atoms with Gasteiger partial charge in [0, 0.05) is 17.3 Å². The molecule has 3 aromatic rings. The number of sulfonamides is 1. The molecule has 0 atom stereocenters. The minimum atomic E-state index is -3.92. The van der Waals surface area contributed by atoms with Crippen molar-refractivity contribution in [1.29, 1.82) is 0 Å². The van der Waals surface area contributed by atoms with Crippen molar-refractivity contribution in [2.24, 2.45) is 0 Å². The number of rotatable bonds is 8. The quantitative estimate of drug-likeness (QED) is 0.465. The summed E-state index contributed by atoms with van der Waals surface area (Å²) in [5, 5.41) is 3.25. The highest BCUT2D eigenvalue weighted by Crippen LogP contribution is 2.22. The Labute approximate surface area is 195 Å².